The maximum atomic E-state index is 11.9. The number of hydrogen-bond donors (Lipinski definition) is 1. The molecular weight excluding hydrogens is 258 g/mol. The second kappa shape index (κ2) is 5.32. The molecule has 0 spiro atoms. The van der Waals surface area contributed by atoms with E-state index in [1.54, 1.807) is 30.1 Å². The average molecular weight is 275 g/mol. The van der Waals surface area contributed by atoms with E-state index < -0.39 is 0 Å². The first kappa shape index (κ1) is 14.0. The van der Waals surface area contributed by atoms with Crippen molar-refractivity contribution >= 4 is 23.4 Å². The minimum atomic E-state index is -0.314. The fourth-order valence-electron chi connectivity index (χ4n) is 1.96. The Bertz CT molecular complexity index is 583. The van der Waals surface area contributed by atoms with E-state index in [2.05, 4.69) is 5.32 Å². The van der Waals surface area contributed by atoms with Gasteiger partial charge in [-0.1, -0.05) is 0 Å². The molecule has 1 heterocycles. The number of nitrogens with one attached hydrogen (secondary N) is 1. The molecule has 1 aliphatic rings. The van der Waals surface area contributed by atoms with Crippen molar-refractivity contribution in [3.8, 4) is 0 Å². The van der Waals surface area contributed by atoms with Crippen LogP contribution in [-0.2, 0) is 4.79 Å². The number of anilines is 1. The van der Waals surface area contributed by atoms with Crippen molar-refractivity contribution in [2.45, 2.75) is 6.92 Å². The minimum Gasteiger partial charge on any atom is -0.376 e. The summed E-state index contributed by atoms with van der Waals surface area (Å²) in [5.74, 6) is -0.642. The summed E-state index contributed by atoms with van der Waals surface area (Å²) >= 11 is 0. The fourth-order valence-corrected chi connectivity index (χ4v) is 1.96. The molecule has 0 saturated heterocycles. The molecule has 0 radical (unpaired) electrons. The number of amides is 3. The summed E-state index contributed by atoms with van der Waals surface area (Å²) in [5, 5.41) is 2.97. The third-order valence-corrected chi connectivity index (χ3v) is 3.43. The van der Waals surface area contributed by atoms with Gasteiger partial charge in [0.1, 0.15) is 0 Å². The van der Waals surface area contributed by atoms with Gasteiger partial charge in [-0.05, 0) is 25.1 Å². The number of imide groups is 1. The van der Waals surface area contributed by atoms with Crippen molar-refractivity contribution in [2.24, 2.45) is 0 Å². The summed E-state index contributed by atoms with van der Waals surface area (Å²) in [6.07, 6.45) is 0. The Morgan fingerprint density at radius 3 is 2.55 bits per heavy atom. The second-order valence-corrected chi connectivity index (χ2v) is 4.69. The van der Waals surface area contributed by atoms with Gasteiger partial charge in [0.25, 0.3) is 11.8 Å². The van der Waals surface area contributed by atoms with Gasteiger partial charge in [0.05, 0.1) is 17.7 Å². The van der Waals surface area contributed by atoms with Crippen molar-refractivity contribution in [3.63, 3.8) is 0 Å². The second-order valence-electron chi connectivity index (χ2n) is 4.69. The van der Waals surface area contributed by atoms with Crippen LogP contribution in [0.4, 0.5) is 5.69 Å². The lowest BCUT2D eigenvalue weighted by Gasteiger charge is -2.15. The van der Waals surface area contributed by atoms with E-state index in [0.717, 1.165) is 4.90 Å². The fraction of sp³-hybridized carbons (Fsp3) is 0.357. The van der Waals surface area contributed by atoms with Crippen LogP contribution in [0.5, 0.6) is 0 Å². The third kappa shape index (κ3) is 2.36. The van der Waals surface area contributed by atoms with Crippen LogP contribution in [0.3, 0.4) is 0 Å². The monoisotopic (exact) mass is 275 g/mol. The van der Waals surface area contributed by atoms with Crippen LogP contribution in [0, 0.1) is 0 Å². The maximum absolute atomic E-state index is 11.9. The molecule has 2 rings (SSSR count). The number of benzene rings is 1. The van der Waals surface area contributed by atoms with Crippen molar-refractivity contribution < 1.29 is 14.4 Å². The Hall–Kier alpha value is -2.37. The van der Waals surface area contributed by atoms with E-state index >= 15 is 0 Å². The summed E-state index contributed by atoms with van der Waals surface area (Å²) in [5.41, 5.74) is 1.43. The Labute approximate surface area is 117 Å². The Morgan fingerprint density at radius 2 is 1.90 bits per heavy atom. The minimum absolute atomic E-state index is 0.0347. The lowest BCUT2D eigenvalue weighted by molar-refractivity contribution is -0.127. The Kier molecular flexibility index (Phi) is 3.74. The summed E-state index contributed by atoms with van der Waals surface area (Å²) in [6, 6.07) is 4.91. The van der Waals surface area contributed by atoms with Gasteiger partial charge in [-0.2, -0.15) is 0 Å². The molecule has 1 N–H and O–H groups in total. The lowest BCUT2D eigenvalue weighted by atomic mass is 10.1. The molecule has 1 aromatic carbocycles. The molecule has 0 fully saturated rings. The first-order valence-corrected chi connectivity index (χ1v) is 6.40. The molecule has 20 heavy (non-hydrogen) atoms. The number of nitrogens with zero attached hydrogens (tertiary/aromatic N) is 2. The zero-order valence-electron chi connectivity index (χ0n) is 11.8. The van der Waals surface area contributed by atoms with Crippen LogP contribution in [0.2, 0.25) is 0 Å². The van der Waals surface area contributed by atoms with E-state index in [1.807, 2.05) is 6.92 Å². The summed E-state index contributed by atoms with van der Waals surface area (Å²) in [4.78, 5) is 38.0. The van der Waals surface area contributed by atoms with E-state index in [4.69, 9.17) is 0 Å². The summed E-state index contributed by atoms with van der Waals surface area (Å²) in [6.45, 7) is 2.69. The quantitative estimate of drug-likeness (QED) is 0.825. The summed E-state index contributed by atoms with van der Waals surface area (Å²) in [7, 11) is 3.18. The van der Waals surface area contributed by atoms with Gasteiger partial charge in [-0.25, -0.2) is 0 Å². The highest BCUT2D eigenvalue weighted by Gasteiger charge is 2.32. The van der Waals surface area contributed by atoms with Gasteiger partial charge in [-0.15, -0.1) is 0 Å². The maximum Gasteiger partial charge on any atom is 0.261 e. The third-order valence-electron chi connectivity index (χ3n) is 3.43. The molecule has 106 valence electrons. The van der Waals surface area contributed by atoms with Gasteiger partial charge in [0.15, 0.2) is 0 Å². The van der Waals surface area contributed by atoms with E-state index in [1.165, 1.54) is 7.05 Å². The number of likely N-dealkylation sites (N-methyl/N-ethyl adjacent to an activating group) is 1. The molecule has 1 aliphatic heterocycles. The number of hydrogen-bond acceptors (Lipinski definition) is 4. The molecule has 0 aromatic heterocycles. The zero-order valence-corrected chi connectivity index (χ0v) is 11.8. The number of carbonyl (C=O) groups excluding carboxylic acids is 3. The van der Waals surface area contributed by atoms with Crippen molar-refractivity contribution in [1.82, 2.24) is 9.80 Å². The van der Waals surface area contributed by atoms with Crippen LogP contribution < -0.4 is 5.32 Å². The summed E-state index contributed by atoms with van der Waals surface area (Å²) < 4.78 is 0. The molecule has 1 aromatic rings. The van der Waals surface area contributed by atoms with Crippen LogP contribution in [0.15, 0.2) is 18.2 Å². The first-order valence-electron chi connectivity index (χ1n) is 6.40. The highest BCUT2D eigenvalue weighted by Crippen LogP contribution is 2.24. The molecule has 0 unspecified atom stereocenters. The van der Waals surface area contributed by atoms with Crippen molar-refractivity contribution in [1.29, 1.82) is 0 Å². The number of carbonyl (C=O) groups is 3. The molecule has 0 bridgehead atoms. The highest BCUT2D eigenvalue weighted by atomic mass is 16.2. The standard InChI is InChI=1S/C14H17N3O3/c1-4-16(2)12(18)8-15-9-5-6-10-11(7-9)14(20)17(3)13(10)19/h5-7,15H,4,8H2,1-3H3. The predicted molar refractivity (Wildman–Crippen MR) is 74.7 cm³/mol. The Morgan fingerprint density at radius 1 is 1.25 bits per heavy atom. The Balaban J connectivity index is 2.12. The van der Waals surface area contributed by atoms with Crippen LogP contribution >= 0.6 is 0 Å². The number of rotatable bonds is 4. The van der Waals surface area contributed by atoms with E-state index in [0.29, 0.717) is 23.4 Å². The molecule has 6 heteroatoms. The van der Waals surface area contributed by atoms with E-state index in [9.17, 15) is 14.4 Å². The number of fused-ring (bicyclic) bond motifs is 1. The normalized spacial score (nSPS) is 13.4. The molecule has 3 amide bonds. The molecule has 0 atom stereocenters. The van der Waals surface area contributed by atoms with Gasteiger partial charge < -0.3 is 10.2 Å². The largest absolute Gasteiger partial charge is 0.376 e. The lowest BCUT2D eigenvalue weighted by Crippen LogP contribution is -2.31. The van der Waals surface area contributed by atoms with Crippen LogP contribution in [-0.4, -0.2) is 54.7 Å². The molecule has 0 saturated carbocycles. The van der Waals surface area contributed by atoms with Crippen LogP contribution in [0.1, 0.15) is 27.6 Å². The molecule has 6 nitrogen and oxygen atoms in total. The van der Waals surface area contributed by atoms with Gasteiger partial charge in [0.2, 0.25) is 5.91 Å². The average Bonchev–Trinajstić information content (AvgIpc) is 2.68. The van der Waals surface area contributed by atoms with Gasteiger partial charge in [0, 0.05) is 26.3 Å². The van der Waals surface area contributed by atoms with Crippen molar-refractivity contribution in [2.75, 3.05) is 32.5 Å². The van der Waals surface area contributed by atoms with Crippen molar-refractivity contribution in [3.05, 3.63) is 29.3 Å². The molecular formula is C14H17N3O3. The van der Waals surface area contributed by atoms with Gasteiger partial charge >= 0.3 is 0 Å². The van der Waals surface area contributed by atoms with Crippen LogP contribution in [0.25, 0.3) is 0 Å². The highest BCUT2D eigenvalue weighted by molar-refractivity contribution is 6.21. The van der Waals surface area contributed by atoms with Gasteiger partial charge in [-0.3, -0.25) is 19.3 Å². The van der Waals surface area contributed by atoms with E-state index in [-0.39, 0.29) is 24.3 Å². The predicted octanol–water partition coefficient (Wildman–Crippen LogP) is 0.803. The topological polar surface area (TPSA) is 69.7 Å². The zero-order chi connectivity index (χ0) is 14.9. The SMILES string of the molecule is CCN(C)C(=O)CNc1ccc2c(c1)C(=O)N(C)C2=O. The smallest absolute Gasteiger partial charge is 0.261 e. The molecule has 0 aliphatic carbocycles. The first-order chi connectivity index (χ1) is 9.45.